The second kappa shape index (κ2) is 9.12. The SMILES string of the molecule is CCCCCCNCc1ccccc1CN(C)C. The molecule has 2 heteroatoms. The van der Waals surface area contributed by atoms with Gasteiger partial charge in [-0.1, -0.05) is 50.5 Å². The van der Waals surface area contributed by atoms with Crippen LogP contribution in [-0.2, 0) is 13.1 Å². The highest BCUT2D eigenvalue weighted by Gasteiger charge is 2.02. The molecule has 0 radical (unpaired) electrons. The minimum Gasteiger partial charge on any atom is -0.313 e. The van der Waals surface area contributed by atoms with Gasteiger partial charge < -0.3 is 10.2 Å². The second-order valence-electron chi connectivity index (χ2n) is 5.24. The lowest BCUT2D eigenvalue weighted by atomic mass is 10.1. The highest BCUT2D eigenvalue weighted by atomic mass is 15.0. The Labute approximate surface area is 112 Å². The van der Waals surface area contributed by atoms with E-state index in [9.17, 15) is 0 Å². The molecule has 0 spiro atoms. The maximum absolute atomic E-state index is 3.56. The van der Waals surface area contributed by atoms with Crippen molar-refractivity contribution < 1.29 is 0 Å². The van der Waals surface area contributed by atoms with Gasteiger partial charge >= 0.3 is 0 Å². The fourth-order valence-corrected chi connectivity index (χ4v) is 2.12. The molecular formula is C16H28N2. The minimum absolute atomic E-state index is 0.996. The molecule has 0 fully saturated rings. The lowest BCUT2D eigenvalue weighted by Gasteiger charge is -2.14. The van der Waals surface area contributed by atoms with Crippen molar-refractivity contribution in [1.29, 1.82) is 0 Å². The van der Waals surface area contributed by atoms with Crippen LogP contribution in [-0.4, -0.2) is 25.5 Å². The summed E-state index contributed by atoms with van der Waals surface area (Å²) in [7, 11) is 4.24. The molecule has 102 valence electrons. The third-order valence-corrected chi connectivity index (χ3v) is 3.13. The Bertz CT molecular complexity index is 321. The van der Waals surface area contributed by atoms with E-state index in [1.807, 2.05) is 0 Å². The Morgan fingerprint density at radius 3 is 2.39 bits per heavy atom. The van der Waals surface area contributed by atoms with Gasteiger partial charge in [0.05, 0.1) is 0 Å². The second-order valence-corrected chi connectivity index (χ2v) is 5.24. The number of unbranched alkanes of at least 4 members (excludes halogenated alkanes) is 3. The topological polar surface area (TPSA) is 15.3 Å². The van der Waals surface area contributed by atoms with Crippen LogP contribution in [0.15, 0.2) is 24.3 Å². The van der Waals surface area contributed by atoms with E-state index in [4.69, 9.17) is 0 Å². The molecule has 1 aromatic carbocycles. The molecule has 1 N–H and O–H groups in total. The third-order valence-electron chi connectivity index (χ3n) is 3.13. The van der Waals surface area contributed by atoms with Gasteiger partial charge in [-0.15, -0.1) is 0 Å². The van der Waals surface area contributed by atoms with Crippen molar-refractivity contribution in [2.24, 2.45) is 0 Å². The summed E-state index contributed by atoms with van der Waals surface area (Å²) in [6.07, 6.45) is 5.32. The van der Waals surface area contributed by atoms with E-state index >= 15 is 0 Å². The van der Waals surface area contributed by atoms with E-state index in [0.717, 1.165) is 19.6 Å². The van der Waals surface area contributed by atoms with Gasteiger partial charge in [-0.05, 0) is 38.2 Å². The van der Waals surface area contributed by atoms with E-state index in [1.165, 1.54) is 36.8 Å². The molecule has 0 aliphatic heterocycles. The number of nitrogens with one attached hydrogen (secondary N) is 1. The highest BCUT2D eigenvalue weighted by Crippen LogP contribution is 2.10. The predicted molar refractivity (Wildman–Crippen MR) is 79.7 cm³/mol. The normalized spacial score (nSPS) is 11.1. The highest BCUT2D eigenvalue weighted by molar-refractivity contribution is 5.26. The van der Waals surface area contributed by atoms with Crippen LogP contribution in [0.5, 0.6) is 0 Å². The summed E-state index contributed by atoms with van der Waals surface area (Å²) in [6, 6.07) is 8.73. The zero-order valence-electron chi connectivity index (χ0n) is 12.2. The molecule has 0 unspecified atom stereocenters. The summed E-state index contributed by atoms with van der Waals surface area (Å²) >= 11 is 0. The van der Waals surface area contributed by atoms with Crippen molar-refractivity contribution in [3.63, 3.8) is 0 Å². The summed E-state index contributed by atoms with van der Waals surface area (Å²) in [5, 5.41) is 3.56. The first kappa shape index (κ1) is 15.2. The van der Waals surface area contributed by atoms with E-state index in [0.29, 0.717) is 0 Å². The van der Waals surface area contributed by atoms with Gasteiger partial charge in [0, 0.05) is 13.1 Å². The Hall–Kier alpha value is -0.860. The largest absolute Gasteiger partial charge is 0.313 e. The van der Waals surface area contributed by atoms with Crippen LogP contribution < -0.4 is 5.32 Å². The number of benzene rings is 1. The first-order valence-corrected chi connectivity index (χ1v) is 7.16. The van der Waals surface area contributed by atoms with Crippen LogP contribution in [0.25, 0.3) is 0 Å². The standard InChI is InChI=1S/C16H28N2/c1-4-5-6-9-12-17-13-15-10-7-8-11-16(15)14-18(2)3/h7-8,10-11,17H,4-6,9,12-14H2,1-3H3. The van der Waals surface area contributed by atoms with E-state index in [-0.39, 0.29) is 0 Å². The van der Waals surface area contributed by atoms with Crippen LogP contribution in [0.4, 0.5) is 0 Å². The molecule has 0 saturated heterocycles. The van der Waals surface area contributed by atoms with Gasteiger partial charge in [-0.3, -0.25) is 0 Å². The maximum Gasteiger partial charge on any atom is 0.0230 e. The van der Waals surface area contributed by atoms with Crippen LogP contribution >= 0.6 is 0 Å². The summed E-state index contributed by atoms with van der Waals surface area (Å²) in [4.78, 5) is 2.22. The number of hydrogen-bond acceptors (Lipinski definition) is 2. The summed E-state index contributed by atoms with van der Waals surface area (Å²) < 4.78 is 0. The summed E-state index contributed by atoms with van der Waals surface area (Å²) in [6.45, 7) is 5.41. The number of nitrogens with zero attached hydrogens (tertiary/aromatic N) is 1. The molecule has 18 heavy (non-hydrogen) atoms. The molecule has 0 atom stereocenters. The monoisotopic (exact) mass is 248 g/mol. The average molecular weight is 248 g/mol. The Balaban J connectivity index is 2.32. The molecule has 0 aliphatic rings. The molecule has 1 aromatic rings. The smallest absolute Gasteiger partial charge is 0.0230 e. The van der Waals surface area contributed by atoms with E-state index < -0.39 is 0 Å². The maximum atomic E-state index is 3.56. The van der Waals surface area contributed by atoms with Gasteiger partial charge in [-0.25, -0.2) is 0 Å². The van der Waals surface area contributed by atoms with E-state index in [2.05, 4.69) is 55.5 Å². The molecule has 0 saturated carbocycles. The first-order chi connectivity index (χ1) is 8.74. The van der Waals surface area contributed by atoms with Gasteiger partial charge in [-0.2, -0.15) is 0 Å². The summed E-state index contributed by atoms with van der Waals surface area (Å²) in [5.74, 6) is 0. The molecular weight excluding hydrogens is 220 g/mol. The number of rotatable bonds is 9. The van der Waals surface area contributed by atoms with Crippen molar-refractivity contribution >= 4 is 0 Å². The molecule has 1 rings (SSSR count). The Morgan fingerprint density at radius 1 is 1.00 bits per heavy atom. The van der Waals surface area contributed by atoms with Crippen LogP contribution in [0.1, 0.15) is 43.7 Å². The lowest BCUT2D eigenvalue weighted by molar-refractivity contribution is 0.400. The molecule has 2 nitrogen and oxygen atoms in total. The molecule has 0 aromatic heterocycles. The summed E-state index contributed by atoms with van der Waals surface area (Å²) in [5.41, 5.74) is 2.87. The zero-order chi connectivity index (χ0) is 13.2. The predicted octanol–water partition coefficient (Wildman–Crippen LogP) is 3.42. The van der Waals surface area contributed by atoms with Crippen molar-refractivity contribution in [1.82, 2.24) is 10.2 Å². The van der Waals surface area contributed by atoms with Gasteiger partial charge in [0.1, 0.15) is 0 Å². The number of hydrogen-bond donors (Lipinski definition) is 1. The molecule has 0 heterocycles. The average Bonchev–Trinajstić information content (AvgIpc) is 2.35. The lowest BCUT2D eigenvalue weighted by Crippen LogP contribution is -2.18. The fourth-order valence-electron chi connectivity index (χ4n) is 2.12. The zero-order valence-corrected chi connectivity index (χ0v) is 12.2. The van der Waals surface area contributed by atoms with Gasteiger partial charge in [0.25, 0.3) is 0 Å². The fraction of sp³-hybridized carbons (Fsp3) is 0.625. The van der Waals surface area contributed by atoms with Crippen LogP contribution in [0, 0.1) is 0 Å². The molecule has 0 bridgehead atoms. The van der Waals surface area contributed by atoms with Crippen LogP contribution in [0.3, 0.4) is 0 Å². The minimum atomic E-state index is 0.996. The van der Waals surface area contributed by atoms with Crippen molar-refractivity contribution in [2.45, 2.75) is 45.7 Å². The van der Waals surface area contributed by atoms with Gasteiger partial charge in [0.15, 0.2) is 0 Å². The first-order valence-electron chi connectivity index (χ1n) is 7.16. The van der Waals surface area contributed by atoms with Crippen molar-refractivity contribution in [2.75, 3.05) is 20.6 Å². The molecule has 0 amide bonds. The van der Waals surface area contributed by atoms with E-state index in [1.54, 1.807) is 0 Å². The molecule has 0 aliphatic carbocycles. The third kappa shape index (κ3) is 6.18. The van der Waals surface area contributed by atoms with Gasteiger partial charge in [0.2, 0.25) is 0 Å². The van der Waals surface area contributed by atoms with Crippen LogP contribution in [0.2, 0.25) is 0 Å². The van der Waals surface area contributed by atoms with Crippen molar-refractivity contribution in [3.05, 3.63) is 35.4 Å². The Kier molecular flexibility index (Phi) is 7.70. The Morgan fingerprint density at radius 2 is 1.72 bits per heavy atom. The quantitative estimate of drug-likeness (QED) is 0.674. The van der Waals surface area contributed by atoms with Crippen molar-refractivity contribution in [3.8, 4) is 0 Å².